The van der Waals surface area contributed by atoms with E-state index in [1.807, 2.05) is 0 Å². The topological polar surface area (TPSA) is 157 Å². The van der Waals surface area contributed by atoms with Gasteiger partial charge in [0.1, 0.15) is 40.8 Å². The molecule has 0 radical (unpaired) electrons. The molecule has 1 fully saturated rings. The molecule has 2 aromatic carbocycles. The summed E-state index contributed by atoms with van der Waals surface area (Å²) in [6.45, 7) is -0.554. The minimum Gasteiger partial charge on any atom is -0.508 e. The number of ether oxygens (including phenoxy) is 2. The van der Waals surface area contributed by atoms with Gasteiger partial charge in [0.15, 0.2) is 5.78 Å². The zero-order valence-electron chi connectivity index (χ0n) is 16.0. The number of aromatic hydroxyl groups is 3. The highest BCUT2D eigenvalue weighted by Gasteiger charge is 2.38. The van der Waals surface area contributed by atoms with E-state index in [-0.39, 0.29) is 35.7 Å². The van der Waals surface area contributed by atoms with Gasteiger partial charge in [0.2, 0.25) is 6.29 Å². The van der Waals surface area contributed by atoms with Crippen molar-refractivity contribution < 1.29 is 44.9 Å². The number of aliphatic hydroxyl groups excluding tert-OH is 3. The Hall–Kier alpha value is -2.85. The van der Waals surface area contributed by atoms with Crippen LogP contribution in [0.5, 0.6) is 23.0 Å². The summed E-state index contributed by atoms with van der Waals surface area (Å²) >= 11 is 0. The summed E-state index contributed by atoms with van der Waals surface area (Å²) in [4.78, 5) is 12.8. The molecule has 2 aromatic rings. The number of aryl methyl sites for hydroxylation is 1. The minimum atomic E-state index is -1.29. The number of aliphatic hydroxyl groups is 3. The van der Waals surface area contributed by atoms with Crippen molar-refractivity contribution in [3.63, 3.8) is 0 Å². The summed E-state index contributed by atoms with van der Waals surface area (Å²) in [5, 5.41) is 58.4. The minimum absolute atomic E-state index is 0.0194. The maximum atomic E-state index is 12.8. The van der Waals surface area contributed by atoms with Crippen LogP contribution in [0, 0.1) is 0 Å². The maximum Gasteiger partial charge on any atom is 0.202 e. The van der Waals surface area contributed by atoms with Crippen molar-refractivity contribution in [2.45, 2.75) is 43.9 Å². The number of rotatable bonds is 7. The first-order valence-corrected chi connectivity index (χ1v) is 9.44. The smallest absolute Gasteiger partial charge is 0.202 e. The second kappa shape index (κ2) is 9.31. The van der Waals surface area contributed by atoms with E-state index in [4.69, 9.17) is 9.47 Å². The normalized spacial score (nSPS) is 23.8. The fraction of sp³-hybridized carbons (Fsp3) is 0.381. The molecule has 0 aliphatic carbocycles. The molecule has 1 aliphatic heterocycles. The molecular formula is C21H24O9. The highest BCUT2D eigenvalue weighted by molar-refractivity contribution is 6.01. The molecule has 1 heterocycles. The number of benzene rings is 2. The van der Waals surface area contributed by atoms with Gasteiger partial charge in [-0.3, -0.25) is 4.79 Å². The Labute approximate surface area is 172 Å². The van der Waals surface area contributed by atoms with Gasteiger partial charge in [0, 0.05) is 25.0 Å². The van der Waals surface area contributed by atoms with E-state index < -0.39 is 42.7 Å². The summed E-state index contributed by atoms with van der Waals surface area (Å²) < 4.78 is 11.0. The Kier molecular flexibility index (Phi) is 6.78. The largest absolute Gasteiger partial charge is 0.508 e. The van der Waals surface area contributed by atoms with Gasteiger partial charge in [0.05, 0.1) is 12.7 Å². The molecule has 4 unspecified atom stereocenters. The molecule has 9 nitrogen and oxygen atoms in total. The lowest BCUT2D eigenvalue weighted by Gasteiger charge is -2.36. The maximum absolute atomic E-state index is 12.8. The number of carbonyl (C=O) groups excluding carboxylic acids is 1. The van der Waals surface area contributed by atoms with Crippen LogP contribution in [0.25, 0.3) is 0 Å². The summed E-state index contributed by atoms with van der Waals surface area (Å²) in [5.41, 5.74) is 0.650. The molecule has 1 saturated heterocycles. The van der Waals surface area contributed by atoms with Gasteiger partial charge in [-0.2, -0.15) is 0 Å². The molecule has 0 amide bonds. The second-order valence-electron chi connectivity index (χ2n) is 7.13. The van der Waals surface area contributed by atoms with Gasteiger partial charge >= 0.3 is 0 Å². The van der Waals surface area contributed by atoms with Crippen LogP contribution in [0.15, 0.2) is 36.4 Å². The van der Waals surface area contributed by atoms with E-state index in [0.717, 1.165) is 17.7 Å². The van der Waals surface area contributed by atoms with Crippen LogP contribution in [0.1, 0.15) is 28.8 Å². The molecule has 0 bridgehead atoms. The summed E-state index contributed by atoms with van der Waals surface area (Å²) in [6.07, 6.45) is -4.50. The van der Waals surface area contributed by atoms with E-state index in [0.29, 0.717) is 6.42 Å². The van der Waals surface area contributed by atoms with Crippen LogP contribution in [0.3, 0.4) is 0 Å². The lowest BCUT2D eigenvalue weighted by Crippen LogP contribution is -2.51. The van der Waals surface area contributed by atoms with Gasteiger partial charge in [-0.25, -0.2) is 0 Å². The monoisotopic (exact) mass is 420 g/mol. The average molecular weight is 420 g/mol. The van der Waals surface area contributed by atoms with E-state index in [1.165, 1.54) is 12.1 Å². The zero-order valence-corrected chi connectivity index (χ0v) is 16.0. The zero-order chi connectivity index (χ0) is 21.8. The first-order chi connectivity index (χ1) is 14.3. The standard InChI is InChI=1S/C21H24O9/c22-10-18-21(28)16(27)9-19(30-18)29-17-8-13(24)7-15(26)20(17)14(25)6-3-11-1-4-12(23)5-2-11/h1-2,4-5,7-8,16,18-19,21-24,26-28H,3,6,9-10H2. The Morgan fingerprint density at radius 2 is 1.77 bits per heavy atom. The number of ketones is 1. The fourth-order valence-corrected chi connectivity index (χ4v) is 3.29. The van der Waals surface area contributed by atoms with Gasteiger partial charge in [-0.15, -0.1) is 0 Å². The molecule has 6 N–H and O–H groups in total. The third-order valence-electron chi connectivity index (χ3n) is 4.90. The van der Waals surface area contributed by atoms with Crippen LogP contribution >= 0.6 is 0 Å². The predicted octanol–water partition coefficient (Wildman–Crippen LogP) is 0.827. The molecule has 162 valence electrons. The van der Waals surface area contributed by atoms with Gasteiger partial charge in [-0.05, 0) is 24.1 Å². The highest BCUT2D eigenvalue weighted by Crippen LogP contribution is 2.36. The number of carbonyl (C=O) groups is 1. The van der Waals surface area contributed by atoms with Crippen molar-refractivity contribution in [1.82, 2.24) is 0 Å². The lowest BCUT2D eigenvalue weighted by atomic mass is 10.00. The quantitative estimate of drug-likeness (QED) is 0.357. The Morgan fingerprint density at radius 1 is 1.07 bits per heavy atom. The Bertz CT molecular complexity index is 881. The fourth-order valence-electron chi connectivity index (χ4n) is 3.29. The SMILES string of the molecule is O=C(CCc1ccc(O)cc1)c1c(O)cc(O)cc1OC1CC(O)C(O)C(CO)O1. The average Bonchev–Trinajstić information content (AvgIpc) is 2.69. The van der Waals surface area contributed by atoms with E-state index in [9.17, 15) is 35.4 Å². The number of phenols is 3. The molecule has 1 aliphatic rings. The third-order valence-corrected chi connectivity index (χ3v) is 4.90. The van der Waals surface area contributed by atoms with E-state index in [1.54, 1.807) is 12.1 Å². The first-order valence-electron chi connectivity index (χ1n) is 9.44. The van der Waals surface area contributed by atoms with Crippen molar-refractivity contribution in [2.24, 2.45) is 0 Å². The van der Waals surface area contributed by atoms with E-state index in [2.05, 4.69) is 0 Å². The van der Waals surface area contributed by atoms with Crippen molar-refractivity contribution in [1.29, 1.82) is 0 Å². The molecule has 0 saturated carbocycles. The summed E-state index contributed by atoms with van der Waals surface area (Å²) in [7, 11) is 0. The molecule has 30 heavy (non-hydrogen) atoms. The molecule has 4 atom stereocenters. The predicted molar refractivity (Wildman–Crippen MR) is 104 cm³/mol. The third kappa shape index (κ3) is 5.00. The number of Topliss-reactive ketones (excluding diaryl/α,β-unsaturated/α-hetero) is 1. The number of hydrogen-bond donors (Lipinski definition) is 6. The molecule has 0 spiro atoms. The Morgan fingerprint density at radius 3 is 2.43 bits per heavy atom. The second-order valence-corrected chi connectivity index (χ2v) is 7.13. The van der Waals surface area contributed by atoms with Gasteiger partial charge in [-0.1, -0.05) is 12.1 Å². The van der Waals surface area contributed by atoms with Crippen molar-refractivity contribution >= 4 is 5.78 Å². The van der Waals surface area contributed by atoms with E-state index >= 15 is 0 Å². The Balaban J connectivity index is 1.78. The van der Waals surface area contributed by atoms with Gasteiger partial charge in [0.25, 0.3) is 0 Å². The summed E-state index contributed by atoms with van der Waals surface area (Å²) in [5.74, 6) is -1.31. The van der Waals surface area contributed by atoms with Crippen LogP contribution < -0.4 is 4.74 Å². The molecular weight excluding hydrogens is 396 g/mol. The molecule has 0 aromatic heterocycles. The molecule has 9 heteroatoms. The first kappa shape index (κ1) is 21.8. The lowest BCUT2D eigenvalue weighted by molar-refractivity contribution is -0.230. The summed E-state index contributed by atoms with van der Waals surface area (Å²) in [6, 6.07) is 8.51. The van der Waals surface area contributed by atoms with Crippen molar-refractivity contribution in [3.8, 4) is 23.0 Å². The van der Waals surface area contributed by atoms with Crippen molar-refractivity contribution in [2.75, 3.05) is 6.61 Å². The van der Waals surface area contributed by atoms with Crippen LogP contribution in [-0.2, 0) is 11.2 Å². The van der Waals surface area contributed by atoms with Crippen LogP contribution in [-0.4, -0.2) is 67.6 Å². The number of hydrogen-bond acceptors (Lipinski definition) is 9. The van der Waals surface area contributed by atoms with Crippen LogP contribution in [0.2, 0.25) is 0 Å². The van der Waals surface area contributed by atoms with Crippen LogP contribution in [0.4, 0.5) is 0 Å². The highest BCUT2D eigenvalue weighted by atomic mass is 16.7. The number of phenolic OH excluding ortho intramolecular Hbond substituents is 3. The molecule has 3 rings (SSSR count). The van der Waals surface area contributed by atoms with Crippen molar-refractivity contribution in [3.05, 3.63) is 47.5 Å². The van der Waals surface area contributed by atoms with Gasteiger partial charge < -0.3 is 40.1 Å².